The Morgan fingerprint density at radius 2 is 1.79 bits per heavy atom. The summed E-state index contributed by atoms with van der Waals surface area (Å²) in [6.45, 7) is 15.2. The van der Waals surface area contributed by atoms with Crippen LogP contribution in [-0.2, 0) is 4.74 Å². The molecule has 1 amide bonds. The van der Waals surface area contributed by atoms with Gasteiger partial charge in [0.1, 0.15) is 5.60 Å². The number of hydrogen-bond donors (Lipinski definition) is 1. The summed E-state index contributed by atoms with van der Waals surface area (Å²) >= 11 is 0. The van der Waals surface area contributed by atoms with Crippen molar-refractivity contribution in [3.8, 4) is 0 Å². The summed E-state index contributed by atoms with van der Waals surface area (Å²) in [6, 6.07) is 0.340. The van der Waals surface area contributed by atoms with Crippen LogP contribution in [0.4, 0.5) is 4.79 Å². The Hall–Kier alpha value is -0.770. The summed E-state index contributed by atoms with van der Waals surface area (Å²) in [6.07, 6.45) is 0.999. The highest BCUT2D eigenvalue weighted by Crippen LogP contribution is 2.39. The number of carbonyl (C=O) groups is 1. The molecule has 2 atom stereocenters. The van der Waals surface area contributed by atoms with Crippen molar-refractivity contribution < 1.29 is 9.53 Å². The number of amides is 1. The van der Waals surface area contributed by atoms with E-state index in [1.807, 2.05) is 34.6 Å². The molecule has 1 saturated carbocycles. The Morgan fingerprint density at radius 1 is 1.26 bits per heavy atom. The maximum atomic E-state index is 11.7. The lowest BCUT2D eigenvalue weighted by atomic mass is 9.66. The molecule has 4 heteroatoms. The van der Waals surface area contributed by atoms with Crippen LogP contribution in [-0.4, -0.2) is 42.3 Å². The Bertz CT molecular complexity index is 287. The van der Waals surface area contributed by atoms with Gasteiger partial charge < -0.3 is 15.0 Å². The maximum Gasteiger partial charge on any atom is 0.407 e. The van der Waals surface area contributed by atoms with Crippen LogP contribution in [0.25, 0.3) is 0 Å². The molecule has 3 fully saturated rings. The monoisotopic (exact) mass is 270 g/mol. The summed E-state index contributed by atoms with van der Waals surface area (Å²) in [5, 5.41) is 3.03. The fourth-order valence-electron chi connectivity index (χ4n) is 2.92. The Kier molecular flexibility index (Phi) is 5.65. The van der Waals surface area contributed by atoms with Crippen molar-refractivity contribution >= 4 is 6.09 Å². The lowest BCUT2D eigenvalue weighted by Gasteiger charge is -2.53. The molecule has 0 spiro atoms. The van der Waals surface area contributed by atoms with Crippen molar-refractivity contribution in [1.82, 2.24) is 10.2 Å². The number of nitrogens with zero attached hydrogens (tertiary/aromatic N) is 1. The molecule has 2 aliphatic heterocycles. The molecule has 0 radical (unpaired) electrons. The number of alkyl carbamates (subject to hydrolysis) is 1. The van der Waals surface area contributed by atoms with E-state index in [2.05, 4.69) is 17.1 Å². The number of rotatable bonds is 2. The number of ether oxygens (including phenoxy) is 1. The lowest BCUT2D eigenvalue weighted by Crippen LogP contribution is -2.64. The van der Waals surface area contributed by atoms with E-state index in [1.54, 1.807) is 0 Å². The van der Waals surface area contributed by atoms with Crippen LogP contribution in [0.3, 0.4) is 0 Å². The average Bonchev–Trinajstić information content (AvgIpc) is 2.36. The van der Waals surface area contributed by atoms with Gasteiger partial charge in [0.2, 0.25) is 0 Å². The van der Waals surface area contributed by atoms with Gasteiger partial charge in [-0.2, -0.15) is 0 Å². The largest absolute Gasteiger partial charge is 0.444 e. The molecule has 0 aromatic heterocycles. The lowest BCUT2D eigenvalue weighted by molar-refractivity contribution is -0.0200. The van der Waals surface area contributed by atoms with Gasteiger partial charge in [-0.1, -0.05) is 20.8 Å². The average molecular weight is 270 g/mol. The van der Waals surface area contributed by atoms with Crippen LogP contribution in [0.15, 0.2) is 0 Å². The quantitative estimate of drug-likeness (QED) is 0.839. The Balaban J connectivity index is 0.000000861. The van der Waals surface area contributed by atoms with Crippen LogP contribution < -0.4 is 5.32 Å². The normalized spacial score (nSPS) is 29.7. The highest BCUT2D eigenvalue weighted by Gasteiger charge is 2.47. The van der Waals surface area contributed by atoms with Gasteiger partial charge in [0, 0.05) is 19.1 Å². The first kappa shape index (κ1) is 16.3. The number of carbonyl (C=O) groups excluding carboxylic acids is 1. The van der Waals surface area contributed by atoms with Gasteiger partial charge in [-0.25, -0.2) is 4.79 Å². The van der Waals surface area contributed by atoms with Gasteiger partial charge in [-0.05, 0) is 45.6 Å². The predicted octanol–water partition coefficient (Wildman–Crippen LogP) is 2.88. The van der Waals surface area contributed by atoms with Crippen molar-refractivity contribution in [2.45, 2.75) is 59.6 Å². The van der Waals surface area contributed by atoms with Crippen LogP contribution in [0.1, 0.15) is 48.0 Å². The van der Waals surface area contributed by atoms with Gasteiger partial charge >= 0.3 is 6.09 Å². The SMILES string of the molecule is CC.CCN1CC2CC(C1)C2NC(=O)OC(C)(C)C. The molecule has 0 aromatic rings. The van der Waals surface area contributed by atoms with Crippen LogP contribution in [0.5, 0.6) is 0 Å². The molecule has 19 heavy (non-hydrogen) atoms. The zero-order valence-corrected chi connectivity index (χ0v) is 13.3. The minimum Gasteiger partial charge on any atom is -0.444 e. The molecule has 3 aliphatic rings. The molecule has 2 bridgehead atoms. The molecule has 2 saturated heterocycles. The number of hydrogen-bond acceptors (Lipinski definition) is 3. The molecule has 4 nitrogen and oxygen atoms in total. The first-order valence-electron chi connectivity index (χ1n) is 7.61. The number of fused-ring (bicyclic) bond motifs is 2. The zero-order chi connectivity index (χ0) is 14.6. The van der Waals surface area contributed by atoms with Crippen molar-refractivity contribution in [1.29, 1.82) is 0 Å². The van der Waals surface area contributed by atoms with Crippen molar-refractivity contribution in [2.24, 2.45) is 11.8 Å². The Labute approximate surface area is 117 Å². The van der Waals surface area contributed by atoms with Gasteiger partial charge in [-0.3, -0.25) is 0 Å². The van der Waals surface area contributed by atoms with E-state index in [1.165, 1.54) is 6.42 Å². The third-order valence-corrected chi connectivity index (χ3v) is 3.74. The second-order valence-electron chi connectivity index (χ2n) is 6.28. The van der Waals surface area contributed by atoms with Crippen LogP contribution >= 0.6 is 0 Å². The summed E-state index contributed by atoms with van der Waals surface area (Å²) in [4.78, 5) is 14.2. The van der Waals surface area contributed by atoms with E-state index in [0.29, 0.717) is 17.9 Å². The molecule has 1 aliphatic carbocycles. The fourth-order valence-corrected chi connectivity index (χ4v) is 2.92. The van der Waals surface area contributed by atoms with Gasteiger partial charge in [0.15, 0.2) is 0 Å². The summed E-state index contributed by atoms with van der Waals surface area (Å²) < 4.78 is 5.30. The molecule has 2 heterocycles. The molecule has 1 N–H and O–H groups in total. The first-order valence-corrected chi connectivity index (χ1v) is 7.61. The van der Waals surface area contributed by atoms with E-state index < -0.39 is 5.60 Å². The van der Waals surface area contributed by atoms with Gasteiger partial charge in [0.25, 0.3) is 0 Å². The summed E-state index contributed by atoms with van der Waals surface area (Å²) in [5.41, 5.74) is -0.404. The third-order valence-electron chi connectivity index (χ3n) is 3.74. The second-order valence-corrected chi connectivity index (χ2v) is 6.28. The van der Waals surface area contributed by atoms with E-state index in [-0.39, 0.29) is 6.09 Å². The highest BCUT2D eigenvalue weighted by atomic mass is 16.6. The van der Waals surface area contributed by atoms with E-state index in [0.717, 1.165) is 19.6 Å². The standard InChI is InChI=1S/C13H24N2O2.C2H6/c1-5-15-7-9-6-10(8-15)11(9)14-12(16)17-13(2,3)4;1-2/h9-11H,5-8H2,1-4H3,(H,14,16);1-2H3. The summed E-state index contributed by atoms with van der Waals surface area (Å²) in [5.74, 6) is 1.25. The smallest absolute Gasteiger partial charge is 0.407 e. The zero-order valence-electron chi connectivity index (χ0n) is 13.3. The van der Waals surface area contributed by atoms with Crippen molar-refractivity contribution in [3.63, 3.8) is 0 Å². The molecule has 0 aromatic carbocycles. The van der Waals surface area contributed by atoms with Crippen molar-refractivity contribution in [2.75, 3.05) is 19.6 Å². The van der Waals surface area contributed by atoms with Gasteiger partial charge in [-0.15, -0.1) is 0 Å². The van der Waals surface area contributed by atoms with E-state index in [4.69, 9.17) is 4.74 Å². The molecular weight excluding hydrogens is 240 g/mol. The van der Waals surface area contributed by atoms with Crippen LogP contribution in [0.2, 0.25) is 0 Å². The minimum absolute atomic E-state index is 0.262. The van der Waals surface area contributed by atoms with Gasteiger partial charge in [0.05, 0.1) is 0 Å². The minimum atomic E-state index is -0.404. The molecule has 2 unspecified atom stereocenters. The third kappa shape index (κ3) is 4.37. The molecule has 112 valence electrons. The summed E-state index contributed by atoms with van der Waals surface area (Å²) in [7, 11) is 0. The van der Waals surface area contributed by atoms with Crippen LogP contribution in [0, 0.1) is 11.8 Å². The van der Waals surface area contributed by atoms with Crippen molar-refractivity contribution in [3.05, 3.63) is 0 Å². The molecular formula is C15H30N2O2. The fraction of sp³-hybridized carbons (Fsp3) is 0.933. The first-order chi connectivity index (χ1) is 8.89. The van der Waals surface area contributed by atoms with E-state index in [9.17, 15) is 4.79 Å². The van der Waals surface area contributed by atoms with E-state index >= 15 is 0 Å². The topological polar surface area (TPSA) is 41.6 Å². The highest BCUT2D eigenvalue weighted by molar-refractivity contribution is 5.68. The second kappa shape index (κ2) is 6.60. The predicted molar refractivity (Wildman–Crippen MR) is 78.2 cm³/mol. The number of piperidine rings is 2. The molecule has 3 rings (SSSR count). The Morgan fingerprint density at radius 3 is 2.21 bits per heavy atom. The maximum absolute atomic E-state index is 11.7. The number of nitrogens with one attached hydrogen (secondary N) is 1.